The zero-order valence-electron chi connectivity index (χ0n) is 15.6. The molecule has 0 bridgehead atoms. The summed E-state index contributed by atoms with van der Waals surface area (Å²) in [5, 5.41) is 12.0. The number of fused-ring (bicyclic) bond motifs is 2. The number of aliphatic carboxylic acids is 1. The number of alkyl halides is 3. The summed E-state index contributed by atoms with van der Waals surface area (Å²) in [6.45, 7) is 0.392. The van der Waals surface area contributed by atoms with Gasteiger partial charge < -0.3 is 9.67 Å². The van der Waals surface area contributed by atoms with E-state index in [9.17, 15) is 18.0 Å². The summed E-state index contributed by atoms with van der Waals surface area (Å²) >= 11 is 2.88. The smallest absolute Gasteiger partial charge is 0.416 e. The minimum Gasteiger partial charge on any atom is -0.481 e. The van der Waals surface area contributed by atoms with Gasteiger partial charge >= 0.3 is 12.1 Å². The van der Waals surface area contributed by atoms with E-state index in [4.69, 9.17) is 5.11 Å². The molecule has 0 spiro atoms. The molecule has 0 radical (unpaired) electrons. The van der Waals surface area contributed by atoms with E-state index in [1.807, 2.05) is 34.2 Å². The van der Waals surface area contributed by atoms with Gasteiger partial charge in [-0.05, 0) is 53.1 Å². The third kappa shape index (κ3) is 4.32. The number of para-hydroxylation sites is 2. The number of nitrogens with zero attached hydrogens (tertiary/aromatic N) is 2. The van der Waals surface area contributed by atoms with E-state index in [0.717, 1.165) is 32.5 Å². The standard InChI is InChI=1S/C21H17F3N2O2S2/c22-21(23,24)14-7-8-18-15(10-14)13(12-30-18)11-26-17-5-2-1-4-16(17)25-20(26)29-9-3-6-19(27)28/h1-2,4-5,7-8,10,12H,3,6,9,11H2,(H,27,28). The van der Waals surface area contributed by atoms with Gasteiger partial charge in [-0.1, -0.05) is 23.9 Å². The Morgan fingerprint density at radius 3 is 2.77 bits per heavy atom. The summed E-state index contributed by atoms with van der Waals surface area (Å²) in [5.74, 6) is -0.243. The molecule has 0 atom stereocenters. The van der Waals surface area contributed by atoms with Crippen molar-refractivity contribution in [2.75, 3.05) is 5.75 Å². The van der Waals surface area contributed by atoms with Crippen LogP contribution in [0, 0.1) is 0 Å². The van der Waals surface area contributed by atoms with Gasteiger partial charge in [0.2, 0.25) is 0 Å². The Morgan fingerprint density at radius 1 is 1.20 bits per heavy atom. The SMILES string of the molecule is O=C(O)CCCSc1nc2ccccc2n1Cc1csc2ccc(C(F)(F)F)cc12. The lowest BCUT2D eigenvalue weighted by atomic mass is 10.1. The van der Waals surface area contributed by atoms with E-state index in [-0.39, 0.29) is 6.42 Å². The third-order valence-electron chi connectivity index (χ3n) is 4.70. The monoisotopic (exact) mass is 450 g/mol. The van der Waals surface area contributed by atoms with Gasteiger partial charge in [0.15, 0.2) is 5.16 Å². The second kappa shape index (κ2) is 8.31. The van der Waals surface area contributed by atoms with Gasteiger partial charge in [0.05, 0.1) is 23.1 Å². The van der Waals surface area contributed by atoms with Crippen molar-refractivity contribution in [2.45, 2.75) is 30.7 Å². The molecule has 0 saturated carbocycles. The van der Waals surface area contributed by atoms with Crippen LogP contribution in [-0.2, 0) is 17.5 Å². The molecule has 2 aromatic heterocycles. The van der Waals surface area contributed by atoms with E-state index in [2.05, 4.69) is 4.98 Å². The number of hydrogen-bond donors (Lipinski definition) is 1. The van der Waals surface area contributed by atoms with Crippen LogP contribution in [0.2, 0.25) is 0 Å². The number of carboxylic acid groups (broad SMARTS) is 1. The molecule has 0 aliphatic carbocycles. The summed E-state index contributed by atoms with van der Waals surface area (Å²) in [5.41, 5.74) is 1.84. The molecule has 0 fully saturated rings. The van der Waals surface area contributed by atoms with Gasteiger partial charge in [0, 0.05) is 16.9 Å². The van der Waals surface area contributed by atoms with Crippen molar-refractivity contribution in [1.82, 2.24) is 9.55 Å². The molecule has 2 heterocycles. The number of halogens is 3. The van der Waals surface area contributed by atoms with Crippen molar-refractivity contribution in [3.05, 3.63) is 59.0 Å². The molecule has 2 aromatic carbocycles. The first-order chi connectivity index (χ1) is 14.3. The summed E-state index contributed by atoms with van der Waals surface area (Å²) in [6, 6.07) is 11.4. The van der Waals surface area contributed by atoms with Crippen LogP contribution in [0.4, 0.5) is 13.2 Å². The van der Waals surface area contributed by atoms with Gasteiger partial charge in [-0.25, -0.2) is 4.98 Å². The number of thioether (sulfide) groups is 1. The number of benzene rings is 2. The number of hydrogen-bond acceptors (Lipinski definition) is 4. The van der Waals surface area contributed by atoms with E-state index >= 15 is 0 Å². The normalized spacial score (nSPS) is 12.1. The van der Waals surface area contributed by atoms with Crippen molar-refractivity contribution in [3.8, 4) is 0 Å². The number of rotatable bonds is 7. The van der Waals surface area contributed by atoms with Gasteiger partial charge in [-0.3, -0.25) is 4.79 Å². The molecule has 4 aromatic rings. The Kier molecular flexibility index (Phi) is 5.75. The lowest BCUT2D eigenvalue weighted by Gasteiger charge is -2.10. The van der Waals surface area contributed by atoms with Crippen LogP contribution in [0.25, 0.3) is 21.1 Å². The molecule has 0 unspecified atom stereocenters. The fourth-order valence-electron chi connectivity index (χ4n) is 3.25. The highest BCUT2D eigenvalue weighted by Gasteiger charge is 2.30. The van der Waals surface area contributed by atoms with Crippen molar-refractivity contribution in [3.63, 3.8) is 0 Å². The molecule has 0 saturated heterocycles. The number of carbonyl (C=O) groups is 1. The first-order valence-corrected chi connectivity index (χ1v) is 11.1. The Hall–Kier alpha value is -2.52. The minimum atomic E-state index is -4.39. The van der Waals surface area contributed by atoms with Crippen LogP contribution in [-0.4, -0.2) is 26.4 Å². The maximum absolute atomic E-state index is 13.2. The van der Waals surface area contributed by atoms with Crippen LogP contribution in [0.5, 0.6) is 0 Å². The lowest BCUT2D eigenvalue weighted by Crippen LogP contribution is -2.05. The van der Waals surface area contributed by atoms with Crippen LogP contribution in [0.3, 0.4) is 0 Å². The first-order valence-electron chi connectivity index (χ1n) is 9.20. The Bertz CT molecular complexity index is 1210. The van der Waals surface area contributed by atoms with Crippen LogP contribution in [0.1, 0.15) is 24.0 Å². The number of carboxylic acids is 1. The molecule has 4 nitrogen and oxygen atoms in total. The summed E-state index contributed by atoms with van der Waals surface area (Å²) in [4.78, 5) is 15.4. The molecular formula is C21H17F3N2O2S2. The maximum Gasteiger partial charge on any atom is 0.416 e. The zero-order chi connectivity index (χ0) is 21.3. The van der Waals surface area contributed by atoms with E-state index in [1.54, 1.807) is 0 Å². The summed E-state index contributed by atoms with van der Waals surface area (Å²) in [6.07, 6.45) is -3.79. The molecule has 0 amide bonds. The van der Waals surface area contributed by atoms with Crippen molar-refractivity contribution in [1.29, 1.82) is 0 Å². The number of aromatic nitrogens is 2. The molecule has 9 heteroatoms. The number of thiophene rings is 1. The van der Waals surface area contributed by atoms with Gasteiger partial charge in [0.25, 0.3) is 0 Å². The second-order valence-corrected chi connectivity index (χ2v) is 8.76. The Labute approximate surface area is 178 Å². The quantitative estimate of drug-likeness (QED) is 0.266. The molecule has 1 N–H and O–H groups in total. The van der Waals surface area contributed by atoms with Crippen LogP contribution < -0.4 is 0 Å². The Balaban J connectivity index is 1.69. The average Bonchev–Trinajstić information content (AvgIpc) is 3.26. The Morgan fingerprint density at radius 2 is 2.00 bits per heavy atom. The lowest BCUT2D eigenvalue weighted by molar-refractivity contribution is -0.138. The van der Waals surface area contributed by atoms with Gasteiger partial charge in [-0.15, -0.1) is 11.3 Å². The molecule has 30 heavy (non-hydrogen) atoms. The molecule has 4 rings (SSSR count). The van der Waals surface area contributed by atoms with Gasteiger partial charge in [0.1, 0.15) is 0 Å². The van der Waals surface area contributed by atoms with Crippen molar-refractivity contribution in [2.24, 2.45) is 0 Å². The van der Waals surface area contributed by atoms with Crippen LogP contribution >= 0.6 is 23.1 Å². The molecule has 0 aliphatic heterocycles. The summed E-state index contributed by atoms with van der Waals surface area (Å²) in [7, 11) is 0. The summed E-state index contributed by atoms with van der Waals surface area (Å²) < 4.78 is 42.3. The fraction of sp³-hybridized carbons (Fsp3) is 0.238. The number of imidazole rings is 1. The highest BCUT2D eigenvalue weighted by atomic mass is 32.2. The highest BCUT2D eigenvalue weighted by molar-refractivity contribution is 7.99. The second-order valence-electron chi connectivity index (χ2n) is 6.78. The minimum absolute atomic E-state index is 0.0859. The third-order valence-corrected chi connectivity index (χ3v) is 6.77. The van der Waals surface area contributed by atoms with Crippen molar-refractivity contribution >= 4 is 50.2 Å². The predicted octanol–water partition coefficient (Wildman–Crippen LogP) is 6.28. The van der Waals surface area contributed by atoms with Gasteiger partial charge in [-0.2, -0.15) is 13.2 Å². The maximum atomic E-state index is 13.2. The topological polar surface area (TPSA) is 55.1 Å². The largest absolute Gasteiger partial charge is 0.481 e. The molecular weight excluding hydrogens is 433 g/mol. The molecule has 0 aliphatic rings. The van der Waals surface area contributed by atoms with Crippen LogP contribution in [0.15, 0.2) is 53.0 Å². The molecule has 156 valence electrons. The highest BCUT2D eigenvalue weighted by Crippen LogP contribution is 2.36. The van der Waals surface area contributed by atoms with Crippen molar-refractivity contribution < 1.29 is 23.1 Å². The first kappa shape index (κ1) is 20.7. The average molecular weight is 451 g/mol. The fourth-order valence-corrected chi connectivity index (χ4v) is 5.14. The zero-order valence-corrected chi connectivity index (χ0v) is 17.3. The van der Waals surface area contributed by atoms with E-state index in [0.29, 0.717) is 24.1 Å². The van der Waals surface area contributed by atoms with E-state index < -0.39 is 17.7 Å². The predicted molar refractivity (Wildman–Crippen MR) is 113 cm³/mol. The van der Waals surface area contributed by atoms with E-state index in [1.165, 1.54) is 35.2 Å².